The van der Waals surface area contributed by atoms with Gasteiger partial charge < -0.3 is 16.2 Å². The number of nitrogens with one attached hydrogen (secondary N) is 1. The molecule has 1 aromatic rings. The topological polar surface area (TPSA) is 92.4 Å². The second kappa shape index (κ2) is 6.05. The Bertz CT molecular complexity index is 481. The van der Waals surface area contributed by atoms with Gasteiger partial charge in [0.25, 0.3) is 0 Å². The minimum atomic E-state index is -1.06. The Hall–Kier alpha value is -1.88. The molecule has 2 rings (SSSR count). The molecule has 1 aromatic carbocycles. The van der Waals surface area contributed by atoms with Gasteiger partial charge in [-0.25, -0.2) is 4.79 Å². The monoisotopic (exact) mass is 276 g/mol. The van der Waals surface area contributed by atoms with E-state index < -0.39 is 17.4 Å². The highest BCUT2D eigenvalue weighted by atomic mass is 16.4. The number of carboxylic acid groups (broad SMARTS) is 1. The number of nitrogens with two attached hydrogens (primary N) is 1. The van der Waals surface area contributed by atoms with Gasteiger partial charge in [0.05, 0.1) is 5.41 Å². The van der Waals surface area contributed by atoms with E-state index in [-0.39, 0.29) is 12.5 Å². The average Bonchev–Trinajstić information content (AvgIpc) is 2.95. The highest BCUT2D eigenvalue weighted by Crippen LogP contribution is 2.37. The van der Waals surface area contributed by atoms with Crippen molar-refractivity contribution in [1.82, 2.24) is 5.32 Å². The summed E-state index contributed by atoms with van der Waals surface area (Å²) in [6.07, 6.45) is 3.40. The van der Waals surface area contributed by atoms with Crippen LogP contribution < -0.4 is 11.1 Å². The molecule has 1 aliphatic carbocycles. The first-order valence-electron chi connectivity index (χ1n) is 6.88. The number of hydrogen-bond donors (Lipinski definition) is 3. The number of hydrogen-bond acceptors (Lipinski definition) is 3. The molecule has 1 amide bonds. The Labute approximate surface area is 118 Å². The van der Waals surface area contributed by atoms with Gasteiger partial charge in [-0.1, -0.05) is 43.2 Å². The standard InChI is InChI=1S/C15H20N2O3/c16-10-15(8-4-5-9-15)14(20)17-12(13(18)19)11-6-2-1-3-7-11/h1-3,6-7,12H,4-5,8-10,16H2,(H,17,20)(H,18,19)/t12-/m1/s1. The van der Waals surface area contributed by atoms with Crippen molar-refractivity contribution in [2.75, 3.05) is 6.54 Å². The quantitative estimate of drug-likeness (QED) is 0.759. The Balaban J connectivity index is 2.17. The number of carbonyl (C=O) groups excluding carboxylic acids is 1. The summed E-state index contributed by atoms with van der Waals surface area (Å²) < 4.78 is 0. The number of rotatable bonds is 5. The van der Waals surface area contributed by atoms with Crippen LogP contribution >= 0.6 is 0 Å². The van der Waals surface area contributed by atoms with Crippen molar-refractivity contribution < 1.29 is 14.7 Å². The number of aliphatic carboxylic acids is 1. The lowest BCUT2D eigenvalue weighted by atomic mass is 9.85. The smallest absolute Gasteiger partial charge is 0.330 e. The van der Waals surface area contributed by atoms with E-state index in [1.807, 2.05) is 6.07 Å². The maximum absolute atomic E-state index is 12.4. The zero-order valence-electron chi connectivity index (χ0n) is 11.3. The van der Waals surface area contributed by atoms with Crippen LogP contribution in [-0.2, 0) is 9.59 Å². The molecule has 1 aliphatic rings. The van der Waals surface area contributed by atoms with Crippen LogP contribution in [-0.4, -0.2) is 23.5 Å². The number of benzene rings is 1. The van der Waals surface area contributed by atoms with Gasteiger partial charge in [-0.05, 0) is 18.4 Å². The Kier molecular flexibility index (Phi) is 4.39. The molecule has 1 fully saturated rings. The van der Waals surface area contributed by atoms with E-state index in [1.54, 1.807) is 24.3 Å². The van der Waals surface area contributed by atoms with Gasteiger partial charge in [0.15, 0.2) is 6.04 Å². The number of carboxylic acids is 1. The summed E-state index contributed by atoms with van der Waals surface area (Å²) in [6.45, 7) is 0.264. The van der Waals surface area contributed by atoms with Crippen LogP contribution in [0, 0.1) is 5.41 Å². The summed E-state index contributed by atoms with van der Waals surface area (Å²) in [5.41, 5.74) is 5.73. The van der Waals surface area contributed by atoms with E-state index in [0.29, 0.717) is 5.56 Å². The lowest BCUT2D eigenvalue weighted by Gasteiger charge is -2.28. The van der Waals surface area contributed by atoms with Crippen LogP contribution in [0.15, 0.2) is 30.3 Å². The third-order valence-electron chi connectivity index (χ3n) is 4.09. The second-order valence-electron chi connectivity index (χ2n) is 5.35. The van der Waals surface area contributed by atoms with E-state index in [2.05, 4.69) is 5.32 Å². The fraction of sp³-hybridized carbons (Fsp3) is 0.467. The van der Waals surface area contributed by atoms with E-state index in [1.165, 1.54) is 0 Å². The molecule has 0 spiro atoms. The highest BCUT2D eigenvalue weighted by molar-refractivity contribution is 5.88. The first kappa shape index (κ1) is 14.5. The summed E-state index contributed by atoms with van der Waals surface area (Å²) in [6, 6.07) is 7.69. The van der Waals surface area contributed by atoms with Crippen molar-refractivity contribution in [2.45, 2.75) is 31.7 Å². The molecule has 108 valence electrons. The van der Waals surface area contributed by atoms with Gasteiger partial charge in [0.1, 0.15) is 0 Å². The van der Waals surface area contributed by atoms with E-state index in [9.17, 15) is 14.7 Å². The van der Waals surface area contributed by atoms with Gasteiger partial charge in [-0.3, -0.25) is 4.79 Å². The minimum absolute atomic E-state index is 0.242. The molecule has 0 aliphatic heterocycles. The van der Waals surface area contributed by atoms with E-state index >= 15 is 0 Å². The predicted octanol–water partition coefficient (Wildman–Crippen LogP) is 1.45. The fourth-order valence-corrected chi connectivity index (χ4v) is 2.79. The third kappa shape index (κ3) is 2.82. The molecule has 0 radical (unpaired) electrons. The molecule has 0 bridgehead atoms. The van der Waals surface area contributed by atoms with Crippen LogP contribution in [0.3, 0.4) is 0 Å². The van der Waals surface area contributed by atoms with Crippen LogP contribution in [0.2, 0.25) is 0 Å². The van der Waals surface area contributed by atoms with Crippen molar-refractivity contribution in [3.05, 3.63) is 35.9 Å². The fourth-order valence-electron chi connectivity index (χ4n) is 2.79. The Morgan fingerprint density at radius 3 is 2.35 bits per heavy atom. The Morgan fingerprint density at radius 2 is 1.85 bits per heavy atom. The molecule has 1 saturated carbocycles. The Morgan fingerprint density at radius 1 is 1.25 bits per heavy atom. The van der Waals surface area contributed by atoms with Gasteiger partial charge >= 0.3 is 5.97 Å². The zero-order chi connectivity index (χ0) is 14.6. The van der Waals surface area contributed by atoms with Gasteiger partial charge in [-0.2, -0.15) is 0 Å². The van der Waals surface area contributed by atoms with Crippen molar-refractivity contribution in [1.29, 1.82) is 0 Å². The summed E-state index contributed by atoms with van der Waals surface area (Å²) in [5.74, 6) is -1.30. The summed E-state index contributed by atoms with van der Waals surface area (Å²) in [5, 5.41) is 12.0. The van der Waals surface area contributed by atoms with Crippen LogP contribution in [0.25, 0.3) is 0 Å². The van der Waals surface area contributed by atoms with Gasteiger partial charge in [-0.15, -0.1) is 0 Å². The lowest BCUT2D eigenvalue weighted by Crippen LogP contribution is -2.47. The molecule has 0 aromatic heterocycles. The predicted molar refractivity (Wildman–Crippen MR) is 74.9 cm³/mol. The summed E-state index contributed by atoms with van der Waals surface area (Å²) >= 11 is 0. The number of amides is 1. The molecule has 0 saturated heterocycles. The summed E-state index contributed by atoms with van der Waals surface area (Å²) in [4.78, 5) is 23.8. The van der Waals surface area contributed by atoms with Gasteiger partial charge in [0.2, 0.25) is 5.91 Å². The first-order chi connectivity index (χ1) is 9.59. The highest BCUT2D eigenvalue weighted by Gasteiger charge is 2.41. The maximum Gasteiger partial charge on any atom is 0.330 e. The van der Waals surface area contributed by atoms with Crippen molar-refractivity contribution in [2.24, 2.45) is 11.1 Å². The first-order valence-corrected chi connectivity index (χ1v) is 6.88. The molecule has 5 nitrogen and oxygen atoms in total. The molecular formula is C15H20N2O3. The lowest BCUT2D eigenvalue weighted by molar-refractivity contribution is -0.144. The van der Waals surface area contributed by atoms with Crippen molar-refractivity contribution >= 4 is 11.9 Å². The van der Waals surface area contributed by atoms with Crippen LogP contribution in [0.4, 0.5) is 0 Å². The summed E-state index contributed by atoms with van der Waals surface area (Å²) in [7, 11) is 0. The average molecular weight is 276 g/mol. The van der Waals surface area contributed by atoms with Crippen LogP contribution in [0.1, 0.15) is 37.3 Å². The zero-order valence-corrected chi connectivity index (χ0v) is 11.3. The molecule has 1 atom stereocenters. The van der Waals surface area contributed by atoms with E-state index in [0.717, 1.165) is 25.7 Å². The van der Waals surface area contributed by atoms with E-state index in [4.69, 9.17) is 5.73 Å². The normalized spacial score (nSPS) is 18.4. The van der Waals surface area contributed by atoms with Crippen molar-refractivity contribution in [3.8, 4) is 0 Å². The third-order valence-corrected chi connectivity index (χ3v) is 4.09. The molecule has 0 heterocycles. The largest absolute Gasteiger partial charge is 0.479 e. The minimum Gasteiger partial charge on any atom is -0.479 e. The number of carbonyl (C=O) groups is 2. The maximum atomic E-state index is 12.4. The molecule has 5 heteroatoms. The van der Waals surface area contributed by atoms with Crippen molar-refractivity contribution in [3.63, 3.8) is 0 Å². The van der Waals surface area contributed by atoms with Crippen LogP contribution in [0.5, 0.6) is 0 Å². The SMILES string of the molecule is NCC1(C(=O)N[C@@H](C(=O)O)c2ccccc2)CCCC1. The molecular weight excluding hydrogens is 256 g/mol. The molecule has 0 unspecified atom stereocenters. The second-order valence-corrected chi connectivity index (χ2v) is 5.35. The molecule has 20 heavy (non-hydrogen) atoms. The van der Waals surface area contributed by atoms with Gasteiger partial charge in [0, 0.05) is 6.54 Å². The molecule has 4 N–H and O–H groups in total.